The molecule has 0 amide bonds. The molecule has 1 N–H and O–H groups in total. The topological polar surface area (TPSA) is 112 Å². The monoisotopic (exact) mass is 517 g/mol. The normalized spacial score (nSPS) is 12.1. The van der Waals surface area contributed by atoms with Gasteiger partial charge in [-0.3, -0.25) is 0 Å². The van der Waals surface area contributed by atoms with Crippen molar-refractivity contribution in [1.82, 2.24) is 14.7 Å². The first kappa shape index (κ1) is 25.6. The number of rotatable bonds is 9. The van der Waals surface area contributed by atoms with Crippen LogP contribution in [0.3, 0.4) is 0 Å². The number of nitrogens with zero attached hydrogens (tertiary/aromatic N) is 2. The highest BCUT2D eigenvalue weighted by molar-refractivity contribution is 5.64. The number of hydrogen-bond acceptors (Lipinski definition) is 7. The molecular formula is C25H22F3N3O6. The van der Waals surface area contributed by atoms with Gasteiger partial charge < -0.3 is 18.4 Å². The van der Waals surface area contributed by atoms with Crippen LogP contribution >= 0.6 is 0 Å². The number of ether oxygens (including phenoxy) is 2. The van der Waals surface area contributed by atoms with E-state index in [4.69, 9.17) is 18.4 Å². The molecule has 0 saturated heterocycles. The number of allylic oxidation sites excluding steroid dienone is 2. The van der Waals surface area contributed by atoms with Crippen LogP contribution in [-0.2, 0) is 13.2 Å². The highest BCUT2D eigenvalue weighted by atomic mass is 19.4. The molecule has 0 spiro atoms. The third-order valence-corrected chi connectivity index (χ3v) is 5.25. The number of aromatic amines is 1. The molecule has 194 valence electrons. The molecule has 0 aliphatic carbocycles. The summed E-state index contributed by atoms with van der Waals surface area (Å²) in [6.07, 6.45) is -2.67. The molecule has 0 bridgehead atoms. The fourth-order valence-electron chi connectivity index (χ4n) is 3.30. The van der Waals surface area contributed by atoms with Crippen LogP contribution in [0.15, 0.2) is 73.1 Å². The highest BCUT2D eigenvalue weighted by Crippen LogP contribution is 2.26. The molecule has 4 rings (SSSR count). The molecule has 2 aromatic carbocycles. The Balaban J connectivity index is 1.39. The predicted octanol–water partition coefficient (Wildman–Crippen LogP) is 4.72. The molecule has 37 heavy (non-hydrogen) atoms. The number of alkyl halides is 3. The molecule has 0 radical (unpaired) electrons. The van der Waals surface area contributed by atoms with Gasteiger partial charge in [-0.05, 0) is 61.4 Å². The molecule has 0 aliphatic heterocycles. The molecule has 4 aromatic rings. The van der Waals surface area contributed by atoms with Crippen LogP contribution in [0.4, 0.5) is 13.2 Å². The van der Waals surface area contributed by atoms with Gasteiger partial charge >= 0.3 is 17.6 Å². The van der Waals surface area contributed by atoms with Crippen LogP contribution in [0, 0.1) is 6.92 Å². The van der Waals surface area contributed by atoms with E-state index in [9.17, 15) is 22.8 Å². The second-order valence-corrected chi connectivity index (χ2v) is 8.02. The maximum Gasteiger partial charge on any atom is 0.440 e. The molecule has 9 nitrogen and oxygen atoms in total. The quantitative estimate of drug-likeness (QED) is 0.342. The van der Waals surface area contributed by atoms with Crippen molar-refractivity contribution in [3.63, 3.8) is 0 Å². The first-order valence-electron chi connectivity index (χ1n) is 11.0. The number of H-pyrrole nitrogens is 1. The standard InChI is InChI=1S/C25H22F3N3O6/c1-15(10-11-31-23(32)30-24(33)37-31)18-4-3-5-20(12-18)34-13-21-16(2)36-22(29-21)17-6-8-19(9-7-17)35-14-25(26,27)28/h3-10,12H,11,13-14H2,1-2H3,(H,30,32,33)/b15-10+. The van der Waals surface area contributed by atoms with Crippen molar-refractivity contribution in [2.45, 2.75) is 33.2 Å². The van der Waals surface area contributed by atoms with Crippen molar-refractivity contribution in [3.8, 4) is 23.0 Å². The zero-order valence-corrected chi connectivity index (χ0v) is 19.8. The van der Waals surface area contributed by atoms with Crippen LogP contribution in [0.2, 0.25) is 0 Å². The summed E-state index contributed by atoms with van der Waals surface area (Å²) >= 11 is 0. The fourth-order valence-corrected chi connectivity index (χ4v) is 3.30. The summed E-state index contributed by atoms with van der Waals surface area (Å²) in [5.41, 5.74) is 2.19. The van der Waals surface area contributed by atoms with E-state index >= 15 is 0 Å². The maximum atomic E-state index is 12.3. The second kappa shape index (κ2) is 10.6. The predicted molar refractivity (Wildman–Crippen MR) is 126 cm³/mol. The summed E-state index contributed by atoms with van der Waals surface area (Å²) in [5, 5.41) is 0. The number of hydrogen-bond donors (Lipinski definition) is 1. The number of oxazole rings is 1. The van der Waals surface area contributed by atoms with Crippen molar-refractivity contribution < 1.29 is 31.6 Å². The van der Waals surface area contributed by atoms with E-state index in [2.05, 4.69) is 4.98 Å². The lowest BCUT2D eigenvalue weighted by atomic mass is 10.1. The average molecular weight is 517 g/mol. The molecule has 2 aromatic heterocycles. The van der Waals surface area contributed by atoms with Gasteiger partial charge in [0.2, 0.25) is 5.89 Å². The largest absolute Gasteiger partial charge is 0.487 e. The third-order valence-electron chi connectivity index (χ3n) is 5.25. The third kappa shape index (κ3) is 6.81. The molecule has 12 heteroatoms. The Labute approximate surface area is 207 Å². The fraction of sp³-hybridized carbons (Fsp3) is 0.240. The summed E-state index contributed by atoms with van der Waals surface area (Å²) in [5.74, 6) is 0.688. The van der Waals surface area contributed by atoms with Gasteiger partial charge in [-0.2, -0.15) is 13.2 Å². The van der Waals surface area contributed by atoms with E-state index in [1.54, 1.807) is 31.2 Å². The number of halogens is 3. The van der Waals surface area contributed by atoms with Gasteiger partial charge in [0, 0.05) is 5.56 Å². The minimum atomic E-state index is -4.41. The van der Waals surface area contributed by atoms with E-state index in [0.717, 1.165) is 15.9 Å². The van der Waals surface area contributed by atoms with Crippen molar-refractivity contribution in [2.24, 2.45) is 0 Å². The van der Waals surface area contributed by atoms with Gasteiger partial charge in [-0.25, -0.2) is 19.6 Å². The van der Waals surface area contributed by atoms with E-state index in [-0.39, 0.29) is 18.9 Å². The van der Waals surface area contributed by atoms with Crippen LogP contribution in [0.1, 0.15) is 23.9 Å². The molecule has 0 saturated carbocycles. The summed E-state index contributed by atoms with van der Waals surface area (Å²) in [6, 6.07) is 13.2. The zero-order valence-electron chi connectivity index (χ0n) is 19.8. The first-order chi connectivity index (χ1) is 17.6. The number of aryl methyl sites for hydroxylation is 1. The molecule has 2 heterocycles. The van der Waals surface area contributed by atoms with Gasteiger partial charge in [-0.1, -0.05) is 18.2 Å². The van der Waals surface area contributed by atoms with Gasteiger partial charge in [0.25, 0.3) is 0 Å². The van der Waals surface area contributed by atoms with Gasteiger partial charge in [0.15, 0.2) is 6.61 Å². The lowest BCUT2D eigenvalue weighted by Gasteiger charge is -2.09. The Bertz CT molecular complexity index is 1510. The van der Waals surface area contributed by atoms with Gasteiger partial charge in [0.05, 0.1) is 6.54 Å². The smallest absolute Gasteiger partial charge is 0.440 e. The summed E-state index contributed by atoms with van der Waals surface area (Å²) in [4.78, 5) is 29.1. The average Bonchev–Trinajstić information content (AvgIpc) is 3.40. The van der Waals surface area contributed by atoms with Crippen molar-refractivity contribution in [1.29, 1.82) is 0 Å². The highest BCUT2D eigenvalue weighted by Gasteiger charge is 2.28. The molecule has 0 unspecified atom stereocenters. The molecule has 0 fully saturated rings. The molecule has 0 atom stereocenters. The Morgan fingerprint density at radius 2 is 1.86 bits per heavy atom. The van der Waals surface area contributed by atoms with Crippen LogP contribution in [-0.4, -0.2) is 27.5 Å². The first-order valence-corrected chi connectivity index (χ1v) is 11.0. The van der Waals surface area contributed by atoms with Crippen molar-refractivity contribution in [3.05, 3.63) is 92.7 Å². The summed E-state index contributed by atoms with van der Waals surface area (Å²) in [7, 11) is 0. The minimum Gasteiger partial charge on any atom is -0.487 e. The van der Waals surface area contributed by atoms with Crippen molar-refractivity contribution >= 4 is 5.57 Å². The van der Waals surface area contributed by atoms with E-state index in [1.807, 2.05) is 30.1 Å². The van der Waals surface area contributed by atoms with Crippen LogP contribution < -0.4 is 20.9 Å². The Morgan fingerprint density at radius 1 is 1.11 bits per heavy atom. The number of aromatic nitrogens is 3. The maximum absolute atomic E-state index is 12.3. The molecular weight excluding hydrogens is 495 g/mol. The van der Waals surface area contributed by atoms with E-state index in [1.165, 1.54) is 12.1 Å². The van der Waals surface area contributed by atoms with E-state index < -0.39 is 24.2 Å². The minimum absolute atomic E-state index is 0.0850. The Morgan fingerprint density at radius 3 is 2.54 bits per heavy atom. The SMILES string of the molecule is C/C(=C\Cn1oc(=O)[nH]c1=O)c1cccc(OCc2nc(-c3ccc(OCC(F)(F)F)cc3)oc2C)c1. The number of nitrogens with one attached hydrogen (secondary N) is 1. The van der Waals surface area contributed by atoms with Crippen LogP contribution in [0.25, 0.3) is 17.0 Å². The van der Waals surface area contributed by atoms with Gasteiger partial charge in [0.1, 0.15) is 29.6 Å². The lowest BCUT2D eigenvalue weighted by Crippen LogP contribution is -2.19. The summed E-state index contributed by atoms with van der Waals surface area (Å²) < 4.78 is 58.9. The lowest BCUT2D eigenvalue weighted by molar-refractivity contribution is -0.153. The van der Waals surface area contributed by atoms with Crippen LogP contribution in [0.5, 0.6) is 11.5 Å². The van der Waals surface area contributed by atoms with Gasteiger partial charge in [-0.15, -0.1) is 4.74 Å². The van der Waals surface area contributed by atoms with E-state index in [0.29, 0.717) is 28.7 Å². The zero-order chi connectivity index (χ0) is 26.6. The Hall–Kier alpha value is -4.48. The Kier molecular flexibility index (Phi) is 7.37. The van der Waals surface area contributed by atoms with Crippen molar-refractivity contribution in [2.75, 3.05) is 6.61 Å². The molecule has 0 aliphatic rings. The summed E-state index contributed by atoms with van der Waals surface area (Å²) in [6.45, 7) is 2.43. The number of benzene rings is 2. The second-order valence-electron chi connectivity index (χ2n) is 8.02.